The Kier molecular flexibility index (Phi) is 13.3. The van der Waals surface area contributed by atoms with Crippen molar-refractivity contribution in [3.8, 4) is 0 Å². The van der Waals surface area contributed by atoms with Crippen molar-refractivity contribution in [2.24, 2.45) is 0 Å². The van der Waals surface area contributed by atoms with Gasteiger partial charge in [-0.15, -0.1) is 7.92 Å². The van der Waals surface area contributed by atoms with Gasteiger partial charge in [0.2, 0.25) is 0 Å². The zero-order valence-corrected chi connectivity index (χ0v) is 27.2. The van der Waals surface area contributed by atoms with E-state index in [1.54, 1.807) is 36.4 Å². The van der Waals surface area contributed by atoms with Crippen molar-refractivity contribution in [1.82, 2.24) is 0 Å². The summed E-state index contributed by atoms with van der Waals surface area (Å²) in [6.07, 6.45) is 12.0. The summed E-state index contributed by atoms with van der Waals surface area (Å²) in [4.78, 5) is -0.324. The van der Waals surface area contributed by atoms with Gasteiger partial charge < -0.3 is 0 Å². The molecule has 3 aromatic rings. The van der Waals surface area contributed by atoms with Crippen LogP contribution in [0.1, 0.15) is 55.2 Å². The molecule has 0 aliphatic rings. The maximum Gasteiger partial charge on any atom is 0.294 e. The molecule has 0 aromatic heterocycles. The highest BCUT2D eigenvalue weighted by atomic mass is 32.2. The van der Waals surface area contributed by atoms with Crippen molar-refractivity contribution in [3.05, 3.63) is 89.5 Å². The molecule has 0 aliphatic carbocycles. The van der Waals surface area contributed by atoms with Gasteiger partial charge in [0.1, 0.15) is 0 Å². The third kappa shape index (κ3) is 12.8. The SMILES string of the molecule is O=S(=O)(O)c1ccc(CCCCP(CCCCc2ccc(S(=O)(=O)O)cc2)CCCCc2ccc(S(=O)(=O)O)cc2)cc1. The van der Waals surface area contributed by atoms with Crippen LogP contribution in [0.5, 0.6) is 0 Å². The molecule has 0 saturated carbocycles. The van der Waals surface area contributed by atoms with Crippen LogP contribution in [0.2, 0.25) is 0 Å². The van der Waals surface area contributed by atoms with Crippen LogP contribution in [0, 0.1) is 0 Å². The topological polar surface area (TPSA) is 163 Å². The molecule has 0 radical (unpaired) electrons. The van der Waals surface area contributed by atoms with Crippen LogP contribution in [0.3, 0.4) is 0 Å². The highest BCUT2D eigenvalue weighted by molar-refractivity contribution is 7.86. The van der Waals surface area contributed by atoms with E-state index >= 15 is 0 Å². The Morgan fingerprint density at radius 1 is 0.395 bits per heavy atom. The Labute approximate surface area is 256 Å². The van der Waals surface area contributed by atoms with Gasteiger partial charge in [-0.2, -0.15) is 25.3 Å². The maximum atomic E-state index is 11.3. The van der Waals surface area contributed by atoms with Crippen LogP contribution in [0.15, 0.2) is 87.5 Å². The molecular weight excluding hydrogens is 631 g/mol. The number of hydrogen-bond acceptors (Lipinski definition) is 6. The zero-order valence-electron chi connectivity index (χ0n) is 23.9. The molecule has 13 heteroatoms. The summed E-state index contributed by atoms with van der Waals surface area (Å²) in [7, 11) is -12.8. The fraction of sp³-hybridized carbons (Fsp3) is 0.400. The van der Waals surface area contributed by atoms with Gasteiger partial charge >= 0.3 is 0 Å². The smallest absolute Gasteiger partial charge is 0.282 e. The van der Waals surface area contributed by atoms with E-state index in [2.05, 4.69) is 0 Å². The molecule has 0 amide bonds. The quantitative estimate of drug-likeness (QED) is 0.0803. The molecule has 43 heavy (non-hydrogen) atoms. The molecule has 0 saturated heterocycles. The van der Waals surface area contributed by atoms with Crippen LogP contribution in [-0.4, -0.2) is 57.4 Å². The fourth-order valence-electron chi connectivity index (χ4n) is 4.81. The van der Waals surface area contributed by atoms with E-state index in [1.807, 2.05) is 0 Å². The molecule has 3 aromatic carbocycles. The van der Waals surface area contributed by atoms with E-state index in [4.69, 9.17) is 13.7 Å². The van der Waals surface area contributed by atoms with Gasteiger partial charge in [0.05, 0.1) is 14.7 Å². The van der Waals surface area contributed by atoms with Crippen LogP contribution in [0.4, 0.5) is 0 Å². The van der Waals surface area contributed by atoms with Gasteiger partial charge in [-0.25, -0.2) is 0 Å². The molecule has 0 fully saturated rings. The fourth-order valence-corrected chi connectivity index (χ4v) is 8.94. The molecular formula is C30H39O9PS3. The van der Waals surface area contributed by atoms with E-state index < -0.39 is 30.4 Å². The largest absolute Gasteiger partial charge is 0.294 e. The van der Waals surface area contributed by atoms with Crippen molar-refractivity contribution >= 4 is 38.3 Å². The van der Waals surface area contributed by atoms with E-state index in [0.29, 0.717) is 0 Å². The lowest BCUT2D eigenvalue weighted by atomic mass is 10.1. The van der Waals surface area contributed by atoms with Crippen molar-refractivity contribution in [1.29, 1.82) is 0 Å². The van der Waals surface area contributed by atoms with Crippen LogP contribution in [-0.2, 0) is 49.6 Å². The lowest BCUT2D eigenvalue weighted by Gasteiger charge is -2.18. The Bertz CT molecular complexity index is 1420. The number of unbranched alkanes of at least 4 members (excludes halogenated alkanes) is 3. The predicted molar refractivity (Wildman–Crippen MR) is 169 cm³/mol. The molecule has 0 spiro atoms. The lowest BCUT2D eigenvalue weighted by molar-refractivity contribution is 0.481. The van der Waals surface area contributed by atoms with Gasteiger partial charge in [0.15, 0.2) is 0 Å². The summed E-state index contributed by atoms with van der Waals surface area (Å²) < 4.78 is 95.0. The maximum absolute atomic E-state index is 11.3. The molecule has 0 bridgehead atoms. The van der Waals surface area contributed by atoms with E-state index in [-0.39, 0.29) is 22.6 Å². The van der Waals surface area contributed by atoms with Gasteiger partial charge in [0.25, 0.3) is 30.4 Å². The van der Waals surface area contributed by atoms with Crippen molar-refractivity contribution in [3.63, 3.8) is 0 Å². The highest BCUT2D eigenvalue weighted by Gasteiger charge is 2.12. The second-order valence-electron chi connectivity index (χ2n) is 10.6. The van der Waals surface area contributed by atoms with Crippen LogP contribution in [0.25, 0.3) is 0 Å². The average Bonchev–Trinajstić information content (AvgIpc) is 2.94. The minimum absolute atomic E-state index is 0.108. The Hall–Kier alpha value is -2.18. The minimum atomic E-state index is -4.20. The number of hydrogen-bond donors (Lipinski definition) is 3. The predicted octanol–water partition coefficient (Wildman–Crippen LogP) is 6.28. The van der Waals surface area contributed by atoms with Gasteiger partial charge in [-0.1, -0.05) is 36.4 Å². The Balaban J connectivity index is 1.47. The second-order valence-corrected chi connectivity index (χ2v) is 17.5. The number of aryl methyl sites for hydroxylation is 3. The first-order valence-corrected chi connectivity index (χ1v) is 20.4. The Morgan fingerprint density at radius 2 is 0.628 bits per heavy atom. The Morgan fingerprint density at radius 3 is 0.837 bits per heavy atom. The summed E-state index contributed by atoms with van der Waals surface area (Å²) in [5, 5.41) is 0. The normalized spacial score (nSPS) is 12.6. The molecule has 0 atom stereocenters. The van der Waals surface area contributed by atoms with E-state index in [0.717, 1.165) is 93.0 Å². The summed E-state index contributed by atoms with van der Waals surface area (Å²) >= 11 is 0. The third-order valence-corrected chi connectivity index (χ3v) is 12.7. The van der Waals surface area contributed by atoms with Crippen molar-refractivity contribution in [2.75, 3.05) is 18.5 Å². The molecule has 3 N–H and O–H groups in total. The summed E-state index contributed by atoms with van der Waals surface area (Å²) in [5.74, 6) is 0. The van der Waals surface area contributed by atoms with E-state index in [1.165, 1.54) is 36.4 Å². The first-order valence-electron chi connectivity index (χ1n) is 14.1. The zero-order chi connectivity index (χ0) is 31.5. The van der Waals surface area contributed by atoms with Gasteiger partial charge in [0, 0.05) is 0 Å². The highest BCUT2D eigenvalue weighted by Crippen LogP contribution is 2.39. The first kappa shape index (κ1) is 35.3. The summed E-state index contributed by atoms with van der Waals surface area (Å²) in [6, 6.07) is 18.9. The molecule has 9 nitrogen and oxygen atoms in total. The van der Waals surface area contributed by atoms with Gasteiger partial charge in [-0.05, 0) is 129 Å². The van der Waals surface area contributed by atoms with Gasteiger partial charge in [-0.3, -0.25) is 13.7 Å². The van der Waals surface area contributed by atoms with Crippen molar-refractivity contribution < 1.29 is 38.9 Å². The monoisotopic (exact) mass is 670 g/mol. The molecule has 0 aliphatic heterocycles. The summed E-state index contributed by atoms with van der Waals surface area (Å²) in [6.45, 7) is 0. The molecule has 3 rings (SSSR count). The molecule has 0 heterocycles. The van der Waals surface area contributed by atoms with Crippen LogP contribution < -0.4 is 0 Å². The average molecular weight is 671 g/mol. The van der Waals surface area contributed by atoms with E-state index in [9.17, 15) is 25.3 Å². The standard InChI is InChI=1S/C30H39O9PS3/c31-41(32,33)28-16-10-25(11-17-28)7-1-4-22-40(23-5-2-8-26-12-18-29(19-13-26)42(34,35)36)24-6-3-9-27-14-20-30(21-15-27)43(37,38)39/h10-21H,1-9,22-24H2,(H,31,32,33)(H,34,35,36)(H,37,38,39). The minimum Gasteiger partial charge on any atom is -0.282 e. The second kappa shape index (κ2) is 16.2. The third-order valence-electron chi connectivity index (χ3n) is 7.23. The molecule has 0 unspecified atom stereocenters. The molecule has 236 valence electrons. The lowest BCUT2D eigenvalue weighted by Crippen LogP contribution is -2.00. The number of rotatable bonds is 18. The van der Waals surface area contributed by atoms with Crippen LogP contribution >= 0.6 is 7.92 Å². The summed E-state index contributed by atoms with van der Waals surface area (Å²) in [5.41, 5.74) is 3.07. The number of benzene rings is 3. The first-order chi connectivity index (χ1) is 20.2. The van der Waals surface area contributed by atoms with Crippen molar-refractivity contribution in [2.45, 2.75) is 72.5 Å².